The summed E-state index contributed by atoms with van der Waals surface area (Å²) in [7, 11) is 0. The van der Waals surface area contributed by atoms with E-state index in [-0.39, 0.29) is 6.61 Å². The van der Waals surface area contributed by atoms with Crippen LogP contribution in [0, 0.1) is 13.8 Å². The summed E-state index contributed by atoms with van der Waals surface area (Å²) in [5.41, 5.74) is 8.49. The van der Waals surface area contributed by atoms with Gasteiger partial charge in [0.2, 0.25) is 0 Å². The molecule has 0 aliphatic carbocycles. The van der Waals surface area contributed by atoms with E-state index in [9.17, 15) is 4.79 Å². The quantitative estimate of drug-likeness (QED) is 0.600. The van der Waals surface area contributed by atoms with Crippen molar-refractivity contribution in [2.24, 2.45) is 0 Å². The molecule has 1 unspecified atom stereocenters. The molecule has 3 N–H and O–H groups in total. The fourth-order valence-corrected chi connectivity index (χ4v) is 1.36. The lowest BCUT2D eigenvalue weighted by Crippen LogP contribution is -2.16. The molecule has 4 nitrogen and oxygen atoms in total. The van der Waals surface area contributed by atoms with Crippen molar-refractivity contribution >= 4 is 11.7 Å². The molecule has 0 saturated carbocycles. The number of anilines is 1. The van der Waals surface area contributed by atoms with Crippen molar-refractivity contribution in [3.8, 4) is 0 Å². The molecule has 0 aliphatic rings. The van der Waals surface area contributed by atoms with Crippen LogP contribution in [0.4, 0.5) is 5.69 Å². The van der Waals surface area contributed by atoms with E-state index in [0.29, 0.717) is 11.3 Å². The highest BCUT2D eigenvalue weighted by Crippen LogP contribution is 2.18. The number of nitrogen functional groups attached to an aromatic ring is 1. The molecule has 0 aromatic heterocycles. The third-order valence-electron chi connectivity index (χ3n) is 2.29. The second-order valence-corrected chi connectivity index (χ2v) is 3.97. The SMILES string of the molecule is Cc1cc(C)c(C(=O)OCC(C)O)cc1N. The standard InChI is InChI=1S/C12H17NO3/c1-7-4-8(2)11(13)5-10(7)12(15)16-6-9(3)14/h4-5,9,14H,6,13H2,1-3H3. The number of rotatable bonds is 3. The van der Waals surface area contributed by atoms with Crippen molar-refractivity contribution in [1.82, 2.24) is 0 Å². The molecule has 0 saturated heterocycles. The van der Waals surface area contributed by atoms with Gasteiger partial charge in [0.15, 0.2) is 0 Å². The van der Waals surface area contributed by atoms with Gasteiger partial charge in [-0.25, -0.2) is 4.79 Å². The Bertz CT molecular complexity index is 399. The van der Waals surface area contributed by atoms with Crippen molar-refractivity contribution in [3.63, 3.8) is 0 Å². The van der Waals surface area contributed by atoms with Crippen molar-refractivity contribution in [3.05, 3.63) is 28.8 Å². The van der Waals surface area contributed by atoms with E-state index in [1.54, 1.807) is 13.0 Å². The molecule has 0 heterocycles. The predicted molar refractivity (Wildman–Crippen MR) is 62.3 cm³/mol. The maximum absolute atomic E-state index is 11.6. The second-order valence-electron chi connectivity index (χ2n) is 3.97. The number of benzene rings is 1. The van der Waals surface area contributed by atoms with Gasteiger partial charge in [0.05, 0.1) is 11.7 Å². The predicted octanol–water partition coefficient (Wildman–Crippen LogP) is 1.42. The van der Waals surface area contributed by atoms with E-state index in [1.807, 2.05) is 19.9 Å². The smallest absolute Gasteiger partial charge is 0.338 e. The average Bonchev–Trinajstić information content (AvgIpc) is 2.20. The van der Waals surface area contributed by atoms with E-state index in [0.717, 1.165) is 11.1 Å². The van der Waals surface area contributed by atoms with E-state index in [1.165, 1.54) is 0 Å². The maximum atomic E-state index is 11.6. The van der Waals surface area contributed by atoms with Crippen LogP contribution in [0.3, 0.4) is 0 Å². The van der Waals surface area contributed by atoms with E-state index >= 15 is 0 Å². The van der Waals surface area contributed by atoms with Crippen LogP contribution in [-0.4, -0.2) is 23.8 Å². The highest BCUT2D eigenvalue weighted by molar-refractivity contribution is 5.92. The minimum absolute atomic E-state index is 0.00788. The Kier molecular flexibility index (Phi) is 3.90. The van der Waals surface area contributed by atoms with Crippen LogP contribution >= 0.6 is 0 Å². The Morgan fingerprint density at radius 3 is 2.62 bits per heavy atom. The number of aliphatic hydroxyl groups excluding tert-OH is 1. The molecule has 0 amide bonds. The minimum atomic E-state index is -0.660. The lowest BCUT2D eigenvalue weighted by atomic mass is 10.0. The molecule has 16 heavy (non-hydrogen) atoms. The van der Waals surface area contributed by atoms with Gasteiger partial charge in [0, 0.05) is 5.69 Å². The van der Waals surface area contributed by atoms with Crippen molar-refractivity contribution in [1.29, 1.82) is 0 Å². The third kappa shape index (κ3) is 2.97. The molecule has 88 valence electrons. The molecule has 0 radical (unpaired) electrons. The number of carbonyl (C=O) groups is 1. The monoisotopic (exact) mass is 223 g/mol. The average molecular weight is 223 g/mol. The van der Waals surface area contributed by atoms with Gasteiger partial charge in [-0.3, -0.25) is 0 Å². The molecule has 1 rings (SSSR count). The van der Waals surface area contributed by atoms with Gasteiger partial charge >= 0.3 is 5.97 Å². The summed E-state index contributed by atoms with van der Waals surface area (Å²) in [6.45, 7) is 5.26. The summed E-state index contributed by atoms with van der Waals surface area (Å²) < 4.78 is 4.92. The largest absolute Gasteiger partial charge is 0.459 e. The molecule has 1 atom stereocenters. The van der Waals surface area contributed by atoms with Gasteiger partial charge in [-0.2, -0.15) is 0 Å². The summed E-state index contributed by atoms with van der Waals surface area (Å²) in [6, 6.07) is 3.45. The number of hydrogen-bond donors (Lipinski definition) is 2. The maximum Gasteiger partial charge on any atom is 0.338 e. The zero-order valence-corrected chi connectivity index (χ0v) is 9.78. The molecule has 1 aromatic carbocycles. The van der Waals surface area contributed by atoms with Crippen LogP contribution in [0.15, 0.2) is 12.1 Å². The van der Waals surface area contributed by atoms with E-state index < -0.39 is 12.1 Å². The Hall–Kier alpha value is -1.55. The zero-order valence-electron chi connectivity index (χ0n) is 9.78. The van der Waals surface area contributed by atoms with Crippen molar-refractivity contribution in [2.75, 3.05) is 12.3 Å². The summed E-state index contributed by atoms with van der Waals surface area (Å²) in [6.07, 6.45) is -0.660. The molecule has 4 heteroatoms. The van der Waals surface area contributed by atoms with Crippen molar-refractivity contribution in [2.45, 2.75) is 26.9 Å². The topological polar surface area (TPSA) is 72.5 Å². The van der Waals surface area contributed by atoms with Crippen LogP contribution in [0.2, 0.25) is 0 Å². The van der Waals surface area contributed by atoms with Crippen LogP contribution < -0.4 is 5.73 Å². The second kappa shape index (κ2) is 4.99. The van der Waals surface area contributed by atoms with Crippen molar-refractivity contribution < 1.29 is 14.6 Å². The normalized spacial score (nSPS) is 12.2. The first-order valence-corrected chi connectivity index (χ1v) is 5.13. The van der Waals surface area contributed by atoms with Gasteiger partial charge in [0.25, 0.3) is 0 Å². The van der Waals surface area contributed by atoms with Gasteiger partial charge in [0.1, 0.15) is 6.61 Å². The molecule has 0 bridgehead atoms. The summed E-state index contributed by atoms with van der Waals surface area (Å²) in [5.74, 6) is -0.454. The summed E-state index contributed by atoms with van der Waals surface area (Å²) in [4.78, 5) is 11.6. The lowest BCUT2D eigenvalue weighted by molar-refractivity contribution is 0.0295. The van der Waals surface area contributed by atoms with E-state index in [4.69, 9.17) is 15.6 Å². The van der Waals surface area contributed by atoms with E-state index in [2.05, 4.69) is 0 Å². The molecule has 1 aromatic rings. The molecular formula is C12H17NO3. The number of nitrogens with two attached hydrogens (primary N) is 1. The first kappa shape index (κ1) is 12.5. The van der Waals surface area contributed by atoms with Crippen LogP contribution in [0.1, 0.15) is 28.4 Å². The Labute approximate surface area is 95.0 Å². The summed E-state index contributed by atoms with van der Waals surface area (Å²) >= 11 is 0. The number of ether oxygens (including phenoxy) is 1. The fraction of sp³-hybridized carbons (Fsp3) is 0.417. The molecule has 0 spiro atoms. The van der Waals surface area contributed by atoms with Gasteiger partial charge < -0.3 is 15.6 Å². The zero-order chi connectivity index (χ0) is 12.3. The highest BCUT2D eigenvalue weighted by atomic mass is 16.5. The van der Waals surface area contributed by atoms with Crippen LogP contribution in [0.25, 0.3) is 0 Å². The first-order valence-electron chi connectivity index (χ1n) is 5.13. The number of carbonyl (C=O) groups excluding carboxylic acids is 1. The van der Waals surface area contributed by atoms with Crippen LogP contribution in [0.5, 0.6) is 0 Å². The number of aryl methyl sites for hydroxylation is 2. The van der Waals surface area contributed by atoms with Gasteiger partial charge in [-0.05, 0) is 38.0 Å². The number of hydrogen-bond acceptors (Lipinski definition) is 4. The third-order valence-corrected chi connectivity index (χ3v) is 2.29. The molecule has 0 fully saturated rings. The fourth-order valence-electron chi connectivity index (χ4n) is 1.36. The Morgan fingerprint density at radius 2 is 2.06 bits per heavy atom. The summed E-state index contributed by atoms with van der Waals surface area (Å²) in [5, 5.41) is 9.01. The van der Waals surface area contributed by atoms with Gasteiger partial charge in [-0.15, -0.1) is 0 Å². The van der Waals surface area contributed by atoms with Crippen LogP contribution in [-0.2, 0) is 4.74 Å². The first-order chi connectivity index (χ1) is 7.41. The minimum Gasteiger partial charge on any atom is -0.459 e. The molecular weight excluding hydrogens is 206 g/mol. The molecule has 0 aliphatic heterocycles. The highest BCUT2D eigenvalue weighted by Gasteiger charge is 2.13. The number of esters is 1. The Morgan fingerprint density at radius 1 is 1.44 bits per heavy atom. The Balaban J connectivity index is 2.87. The lowest BCUT2D eigenvalue weighted by Gasteiger charge is -2.10. The van der Waals surface area contributed by atoms with Gasteiger partial charge in [-0.1, -0.05) is 6.07 Å². The number of aliphatic hydroxyl groups is 1.